The summed E-state index contributed by atoms with van der Waals surface area (Å²) in [4.78, 5) is 10.4. The van der Waals surface area contributed by atoms with Crippen LogP contribution in [0.5, 0.6) is 0 Å². The molecule has 1 atom stereocenters. The molecule has 1 aromatic carbocycles. The number of benzene rings is 1. The average molecular weight is 240 g/mol. The molecule has 3 N–H and O–H groups in total. The van der Waals surface area contributed by atoms with Gasteiger partial charge in [-0.3, -0.25) is 5.32 Å². The fourth-order valence-corrected chi connectivity index (χ4v) is 1.75. The van der Waals surface area contributed by atoms with Gasteiger partial charge >= 0.3 is 6.09 Å². The van der Waals surface area contributed by atoms with Crippen LogP contribution in [0.15, 0.2) is 18.2 Å². The Morgan fingerprint density at radius 1 is 1.59 bits per heavy atom. The molecular formula is C11H13FN2O3. The molecule has 1 saturated heterocycles. The summed E-state index contributed by atoms with van der Waals surface area (Å²) in [6, 6.07) is 4.21. The Balaban J connectivity index is 2.15. The molecule has 1 amide bonds. The van der Waals surface area contributed by atoms with Gasteiger partial charge in [-0.2, -0.15) is 0 Å². The van der Waals surface area contributed by atoms with Gasteiger partial charge in [-0.25, -0.2) is 9.18 Å². The minimum Gasteiger partial charge on any atom is -0.465 e. The third kappa shape index (κ3) is 2.92. The van der Waals surface area contributed by atoms with E-state index in [2.05, 4.69) is 10.6 Å². The molecule has 0 saturated carbocycles. The number of amides is 1. The molecule has 0 radical (unpaired) electrons. The van der Waals surface area contributed by atoms with Crippen LogP contribution >= 0.6 is 0 Å². The van der Waals surface area contributed by atoms with Gasteiger partial charge in [-0.1, -0.05) is 6.07 Å². The van der Waals surface area contributed by atoms with Crippen LogP contribution in [0.3, 0.4) is 0 Å². The van der Waals surface area contributed by atoms with E-state index >= 15 is 0 Å². The summed E-state index contributed by atoms with van der Waals surface area (Å²) in [5.41, 5.74) is 0.649. The van der Waals surface area contributed by atoms with Crippen molar-refractivity contribution >= 4 is 11.8 Å². The van der Waals surface area contributed by atoms with Crippen molar-refractivity contribution in [3.05, 3.63) is 29.6 Å². The maximum Gasteiger partial charge on any atom is 0.409 e. The highest BCUT2D eigenvalue weighted by Gasteiger charge is 2.19. The number of ether oxygens (including phenoxy) is 1. The molecule has 92 valence electrons. The predicted molar refractivity (Wildman–Crippen MR) is 59.6 cm³/mol. The van der Waals surface area contributed by atoms with E-state index in [0.717, 1.165) is 12.6 Å². The normalized spacial score (nSPS) is 19.9. The Bertz CT molecular complexity index is 419. The maximum atomic E-state index is 13.7. The molecule has 1 aliphatic rings. The minimum atomic E-state index is -1.22. The molecule has 1 aliphatic heterocycles. The van der Waals surface area contributed by atoms with E-state index < -0.39 is 11.9 Å². The Morgan fingerprint density at radius 3 is 3.00 bits per heavy atom. The summed E-state index contributed by atoms with van der Waals surface area (Å²) in [5, 5.41) is 13.7. The number of hydrogen-bond acceptors (Lipinski definition) is 3. The second kappa shape index (κ2) is 5.11. The SMILES string of the molecule is O=C(O)Nc1ccc(C2CNCCO2)c(F)c1. The number of carboxylic acid groups (broad SMARTS) is 1. The third-order valence-corrected chi connectivity index (χ3v) is 2.53. The predicted octanol–water partition coefficient (Wildman–Crippen LogP) is 1.58. The van der Waals surface area contributed by atoms with Gasteiger partial charge in [0, 0.05) is 24.3 Å². The largest absolute Gasteiger partial charge is 0.465 e. The Hall–Kier alpha value is -1.66. The molecule has 6 heteroatoms. The molecule has 17 heavy (non-hydrogen) atoms. The standard InChI is InChI=1S/C11H13FN2O3/c12-9-5-7(14-11(15)16)1-2-8(9)10-6-13-3-4-17-10/h1-2,5,10,13-14H,3-4,6H2,(H,15,16). The lowest BCUT2D eigenvalue weighted by Crippen LogP contribution is -2.33. The molecule has 5 nitrogen and oxygen atoms in total. The van der Waals surface area contributed by atoms with E-state index in [4.69, 9.17) is 9.84 Å². The second-order valence-corrected chi connectivity index (χ2v) is 3.73. The van der Waals surface area contributed by atoms with E-state index in [0.29, 0.717) is 18.7 Å². The molecule has 0 aliphatic carbocycles. The lowest BCUT2D eigenvalue weighted by molar-refractivity contribution is 0.0255. The van der Waals surface area contributed by atoms with Crippen LogP contribution in [-0.2, 0) is 4.74 Å². The monoisotopic (exact) mass is 240 g/mol. The van der Waals surface area contributed by atoms with Gasteiger partial charge in [0.2, 0.25) is 0 Å². The zero-order chi connectivity index (χ0) is 12.3. The van der Waals surface area contributed by atoms with Crippen molar-refractivity contribution in [2.24, 2.45) is 0 Å². The molecule has 1 unspecified atom stereocenters. The van der Waals surface area contributed by atoms with Crippen molar-refractivity contribution in [1.82, 2.24) is 5.32 Å². The molecule has 1 fully saturated rings. The van der Waals surface area contributed by atoms with Crippen molar-refractivity contribution in [1.29, 1.82) is 0 Å². The molecule has 1 aromatic rings. The summed E-state index contributed by atoms with van der Waals surface area (Å²) >= 11 is 0. The topological polar surface area (TPSA) is 70.6 Å². The number of rotatable bonds is 2. The van der Waals surface area contributed by atoms with E-state index in [-0.39, 0.29) is 11.8 Å². The molecule has 0 bridgehead atoms. The lowest BCUT2D eigenvalue weighted by atomic mass is 10.1. The van der Waals surface area contributed by atoms with Gasteiger partial charge < -0.3 is 15.2 Å². The first kappa shape index (κ1) is 11.8. The van der Waals surface area contributed by atoms with Gasteiger partial charge in [0.1, 0.15) is 5.82 Å². The van der Waals surface area contributed by atoms with Gasteiger partial charge in [-0.05, 0) is 12.1 Å². The van der Waals surface area contributed by atoms with Gasteiger partial charge in [0.25, 0.3) is 0 Å². The Kier molecular flexibility index (Phi) is 3.55. The fourth-order valence-electron chi connectivity index (χ4n) is 1.75. The minimum absolute atomic E-state index is 0.211. The first-order valence-electron chi connectivity index (χ1n) is 5.28. The number of hydrogen-bond donors (Lipinski definition) is 3. The lowest BCUT2D eigenvalue weighted by Gasteiger charge is -2.24. The van der Waals surface area contributed by atoms with Crippen LogP contribution in [0.25, 0.3) is 0 Å². The van der Waals surface area contributed by atoms with Crippen LogP contribution in [0, 0.1) is 5.82 Å². The molecule has 2 rings (SSSR count). The summed E-state index contributed by atoms with van der Waals surface area (Å²) in [6.07, 6.45) is -1.53. The zero-order valence-corrected chi connectivity index (χ0v) is 9.07. The zero-order valence-electron chi connectivity index (χ0n) is 9.07. The van der Waals surface area contributed by atoms with E-state index in [1.165, 1.54) is 12.1 Å². The fraction of sp³-hybridized carbons (Fsp3) is 0.364. The highest BCUT2D eigenvalue weighted by atomic mass is 19.1. The molecular weight excluding hydrogens is 227 g/mol. The molecule has 1 heterocycles. The van der Waals surface area contributed by atoms with Crippen LogP contribution in [0.4, 0.5) is 14.9 Å². The van der Waals surface area contributed by atoms with Gasteiger partial charge in [-0.15, -0.1) is 0 Å². The highest BCUT2D eigenvalue weighted by Crippen LogP contribution is 2.24. The number of nitrogens with one attached hydrogen (secondary N) is 2. The first-order valence-corrected chi connectivity index (χ1v) is 5.28. The van der Waals surface area contributed by atoms with Crippen molar-refractivity contribution in [3.63, 3.8) is 0 Å². The van der Waals surface area contributed by atoms with Crippen molar-refractivity contribution in [3.8, 4) is 0 Å². The van der Waals surface area contributed by atoms with E-state index in [1.807, 2.05) is 0 Å². The van der Waals surface area contributed by atoms with Crippen molar-refractivity contribution in [2.45, 2.75) is 6.10 Å². The van der Waals surface area contributed by atoms with Crippen LogP contribution in [-0.4, -0.2) is 30.9 Å². The number of anilines is 1. The Morgan fingerprint density at radius 2 is 2.41 bits per heavy atom. The summed E-state index contributed by atoms with van der Waals surface area (Å²) in [7, 11) is 0. The first-order chi connectivity index (χ1) is 8.16. The van der Waals surface area contributed by atoms with Gasteiger partial charge in [0.05, 0.1) is 12.7 Å². The number of carbonyl (C=O) groups is 1. The van der Waals surface area contributed by atoms with E-state index in [1.54, 1.807) is 0 Å². The Labute approximate surface area is 97.6 Å². The number of halogens is 1. The summed E-state index contributed by atoms with van der Waals surface area (Å²) in [5.74, 6) is -0.468. The number of morpholine rings is 1. The highest BCUT2D eigenvalue weighted by molar-refractivity contribution is 5.82. The third-order valence-electron chi connectivity index (χ3n) is 2.53. The second-order valence-electron chi connectivity index (χ2n) is 3.73. The summed E-state index contributed by atoms with van der Waals surface area (Å²) in [6.45, 7) is 1.86. The van der Waals surface area contributed by atoms with Crippen LogP contribution < -0.4 is 10.6 Å². The quantitative estimate of drug-likeness (QED) is 0.734. The van der Waals surface area contributed by atoms with E-state index in [9.17, 15) is 9.18 Å². The van der Waals surface area contributed by atoms with Crippen molar-refractivity contribution in [2.75, 3.05) is 25.0 Å². The average Bonchev–Trinajstić information content (AvgIpc) is 2.29. The smallest absolute Gasteiger partial charge is 0.409 e. The molecule has 0 spiro atoms. The van der Waals surface area contributed by atoms with Crippen LogP contribution in [0.1, 0.15) is 11.7 Å². The van der Waals surface area contributed by atoms with Crippen LogP contribution in [0.2, 0.25) is 0 Å². The van der Waals surface area contributed by atoms with Crippen molar-refractivity contribution < 1.29 is 19.0 Å². The maximum absolute atomic E-state index is 13.7. The van der Waals surface area contributed by atoms with Gasteiger partial charge in [0.15, 0.2) is 0 Å². The summed E-state index contributed by atoms with van der Waals surface area (Å²) < 4.78 is 19.2. The molecule has 0 aromatic heterocycles.